The molecule has 4 nitrogen and oxygen atoms in total. The molecule has 0 amide bonds. The maximum Gasteiger partial charge on any atom is 0.573 e. The van der Waals surface area contributed by atoms with Gasteiger partial charge in [0.1, 0.15) is 0 Å². The van der Waals surface area contributed by atoms with Crippen LogP contribution in [0.5, 0.6) is 5.75 Å². The van der Waals surface area contributed by atoms with Crippen LogP contribution in [0, 0.1) is 6.92 Å². The topological polar surface area (TPSA) is 39.4 Å². The van der Waals surface area contributed by atoms with Gasteiger partial charge in [0.25, 0.3) is 0 Å². The summed E-state index contributed by atoms with van der Waals surface area (Å²) in [6.07, 6.45) is -1.99. The van der Waals surface area contributed by atoms with E-state index in [1.54, 1.807) is 6.92 Å². The molecule has 2 rings (SSSR count). The summed E-state index contributed by atoms with van der Waals surface area (Å²) in [5, 5.41) is 3.80. The lowest BCUT2D eigenvalue weighted by Gasteiger charge is -2.08. The van der Waals surface area contributed by atoms with Gasteiger partial charge in [-0.05, 0) is 6.92 Å². The summed E-state index contributed by atoms with van der Waals surface area (Å²) >= 11 is 0. The smallest absolute Gasteiger partial charge is 0.402 e. The first-order chi connectivity index (χ1) is 6.96. The highest BCUT2D eigenvalue weighted by Crippen LogP contribution is 2.25. The molecule has 7 heteroatoms. The fraction of sp³-hybridized carbons (Fsp3) is 0.250. The van der Waals surface area contributed by atoms with Gasteiger partial charge in [-0.2, -0.15) is 5.10 Å². The fourth-order valence-corrected chi connectivity index (χ4v) is 1.19. The lowest BCUT2D eigenvalue weighted by atomic mass is 10.5. The van der Waals surface area contributed by atoms with E-state index in [0.29, 0.717) is 5.69 Å². The largest absolute Gasteiger partial charge is 0.573 e. The number of hydrogen-bond donors (Lipinski definition) is 0. The van der Waals surface area contributed by atoms with E-state index in [1.807, 2.05) is 0 Å². The predicted molar refractivity (Wildman–Crippen MR) is 44.4 cm³/mol. The molecule has 15 heavy (non-hydrogen) atoms. The second-order valence-corrected chi connectivity index (χ2v) is 2.89. The van der Waals surface area contributed by atoms with Gasteiger partial charge in [0.05, 0.1) is 18.1 Å². The van der Waals surface area contributed by atoms with E-state index >= 15 is 0 Å². The summed E-state index contributed by atoms with van der Waals surface area (Å²) < 4.78 is 41.0. The molecule has 0 fully saturated rings. The first kappa shape index (κ1) is 9.75. The van der Waals surface area contributed by atoms with Crippen molar-refractivity contribution in [2.24, 2.45) is 0 Å². The third kappa shape index (κ3) is 2.00. The summed E-state index contributed by atoms with van der Waals surface area (Å²) in [6, 6.07) is 1.12. The third-order valence-electron chi connectivity index (χ3n) is 1.67. The minimum absolute atomic E-state index is 0.0484. The molecular formula is C8H6F3N3O. The number of rotatable bonds is 1. The van der Waals surface area contributed by atoms with Gasteiger partial charge in [0, 0.05) is 6.07 Å². The van der Waals surface area contributed by atoms with E-state index in [2.05, 4.69) is 14.8 Å². The Bertz CT molecular complexity index is 491. The highest BCUT2D eigenvalue weighted by atomic mass is 19.4. The zero-order valence-electron chi connectivity index (χ0n) is 7.62. The molecule has 0 aliphatic rings. The molecule has 0 atom stereocenters. The van der Waals surface area contributed by atoms with Gasteiger partial charge in [-0.25, -0.2) is 9.50 Å². The van der Waals surface area contributed by atoms with Crippen LogP contribution in [0.4, 0.5) is 13.2 Å². The summed E-state index contributed by atoms with van der Waals surface area (Å²) in [6.45, 7) is 1.66. The molecule has 2 aromatic rings. The van der Waals surface area contributed by atoms with Gasteiger partial charge < -0.3 is 4.74 Å². The number of halogens is 3. The molecule has 0 spiro atoms. The molecule has 0 saturated carbocycles. The first-order valence-electron chi connectivity index (χ1n) is 4.02. The van der Waals surface area contributed by atoms with Gasteiger partial charge >= 0.3 is 6.36 Å². The number of imidazole rings is 1. The van der Waals surface area contributed by atoms with Crippen molar-refractivity contribution in [2.75, 3.05) is 0 Å². The van der Waals surface area contributed by atoms with Crippen molar-refractivity contribution in [2.45, 2.75) is 13.3 Å². The van der Waals surface area contributed by atoms with Crippen LogP contribution < -0.4 is 4.74 Å². The molecule has 0 aliphatic heterocycles. The van der Waals surface area contributed by atoms with Crippen LogP contribution in [0.2, 0.25) is 0 Å². The van der Waals surface area contributed by atoms with Crippen LogP contribution in [0.1, 0.15) is 5.69 Å². The van der Waals surface area contributed by atoms with Gasteiger partial charge in [-0.15, -0.1) is 13.2 Å². The second-order valence-electron chi connectivity index (χ2n) is 2.89. The Hall–Kier alpha value is -1.79. The molecule has 0 unspecified atom stereocenters. The highest BCUT2D eigenvalue weighted by molar-refractivity contribution is 5.52. The lowest BCUT2D eigenvalue weighted by molar-refractivity contribution is -0.274. The van der Waals surface area contributed by atoms with Crippen molar-refractivity contribution < 1.29 is 17.9 Å². The van der Waals surface area contributed by atoms with Crippen LogP contribution in [-0.4, -0.2) is 21.0 Å². The second kappa shape index (κ2) is 3.11. The molecular weight excluding hydrogens is 211 g/mol. The van der Waals surface area contributed by atoms with Crippen LogP contribution in [0.25, 0.3) is 5.65 Å². The third-order valence-corrected chi connectivity index (χ3v) is 1.67. The van der Waals surface area contributed by atoms with E-state index in [4.69, 9.17) is 0 Å². The first-order valence-corrected chi connectivity index (χ1v) is 4.02. The predicted octanol–water partition coefficient (Wildman–Crippen LogP) is 1.94. The molecule has 0 N–H and O–H groups in total. The number of aromatic nitrogens is 3. The summed E-state index contributed by atoms with van der Waals surface area (Å²) in [5.74, 6) is -0.356. The number of nitrogens with zero attached hydrogens (tertiary/aromatic N) is 3. The minimum Gasteiger partial charge on any atom is -0.402 e. The van der Waals surface area contributed by atoms with Crippen molar-refractivity contribution in [3.05, 3.63) is 24.2 Å². The molecule has 0 saturated heterocycles. The van der Waals surface area contributed by atoms with Gasteiger partial charge in [0.2, 0.25) is 0 Å². The Morgan fingerprint density at radius 2 is 2.13 bits per heavy atom. The molecule has 2 aromatic heterocycles. The van der Waals surface area contributed by atoms with Gasteiger partial charge in [-0.1, -0.05) is 0 Å². The number of ether oxygens (including phenoxy) is 1. The van der Waals surface area contributed by atoms with E-state index in [0.717, 1.165) is 6.07 Å². The maximum absolute atomic E-state index is 12.0. The van der Waals surface area contributed by atoms with E-state index in [1.165, 1.54) is 16.9 Å². The molecule has 0 bridgehead atoms. The molecule has 2 heterocycles. The molecule has 0 radical (unpaired) electrons. The monoisotopic (exact) mass is 217 g/mol. The summed E-state index contributed by atoms with van der Waals surface area (Å²) in [5.41, 5.74) is 0.619. The standard InChI is InChI=1S/C8H6F3N3O/c1-5-4-14-7(13-5)6(2-3-12-14)15-8(9,10)11/h2-4H,1H3. The van der Waals surface area contributed by atoms with Crippen molar-refractivity contribution in [1.82, 2.24) is 14.6 Å². The van der Waals surface area contributed by atoms with E-state index < -0.39 is 6.36 Å². The molecule has 0 aromatic carbocycles. The highest BCUT2D eigenvalue weighted by Gasteiger charge is 2.32. The number of alkyl halides is 3. The minimum atomic E-state index is -4.72. The van der Waals surface area contributed by atoms with Gasteiger partial charge in [-0.3, -0.25) is 0 Å². The molecule has 80 valence electrons. The summed E-state index contributed by atoms with van der Waals surface area (Å²) in [7, 11) is 0. The maximum atomic E-state index is 12.0. The van der Waals surface area contributed by atoms with Crippen LogP contribution in [-0.2, 0) is 0 Å². The van der Waals surface area contributed by atoms with E-state index in [9.17, 15) is 13.2 Å². The van der Waals surface area contributed by atoms with E-state index in [-0.39, 0.29) is 11.4 Å². The number of hydrogen-bond acceptors (Lipinski definition) is 3. The Labute approximate surface area is 82.3 Å². The Morgan fingerprint density at radius 1 is 1.40 bits per heavy atom. The SMILES string of the molecule is Cc1cn2nccc(OC(F)(F)F)c2n1. The fourth-order valence-electron chi connectivity index (χ4n) is 1.19. The quantitative estimate of drug-likeness (QED) is 0.732. The average molecular weight is 217 g/mol. The van der Waals surface area contributed by atoms with Crippen molar-refractivity contribution in [1.29, 1.82) is 0 Å². The van der Waals surface area contributed by atoms with Crippen molar-refractivity contribution >= 4 is 5.65 Å². The Balaban J connectivity index is 2.51. The average Bonchev–Trinajstić information content (AvgIpc) is 2.43. The lowest BCUT2D eigenvalue weighted by Crippen LogP contribution is -2.17. The van der Waals surface area contributed by atoms with Crippen LogP contribution in [0.3, 0.4) is 0 Å². The normalized spacial score (nSPS) is 12.0. The Morgan fingerprint density at radius 3 is 2.80 bits per heavy atom. The molecule has 0 aliphatic carbocycles. The van der Waals surface area contributed by atoms with Crippen molar-refractivity contribution in [3.8, 4) is 5.75 Å². The zero-order valence-corrected chi connectivity index (χ0v) is 7.62. The van der Waals surface area contributed by atoms with Crippen LogP contribution in [0.15, 0.2) is 18.5 Å². The number of fused-ring (bicyclic) bond motifs is 1. The summed E-state index contributed by atoms with van der Waals surface area (Å²) in [4.78, 5) is 3.87. The van der Waals surface area contributed by atoms with Gasteiger partial charge in [0.15, 0.2) is 11.4 Å². The van der Waals surface area contributed by atoms with Crippen LogP contribution >= 0.6 is 0 Å². The van der Waals surface area contributed by atoms with Crippen molar-refractivity contribution in [3.63, 3.8) is 0 Å². The zero-order chi connectivity index (χ0) is 11.1. The number of aryl methyl sites for hydroxylation is 1. The Kier molecular flexibility index (Phi) is 2.02.